The summed E-state index contributed by atoms with van der Waals surface area (Å²) in [4.78, 5) is 37.8. The summed E-state index contributed by atoms with van der Waals surface area (Å²) in [5, 5.41) is 0. The number of esters is 3. The van der Waals surface area contributed by atoms with Crippen molar-refractivity contribution in [3.05, 3.63) is 60.8 Å². The third-order valence-corrected chi connectivity index (χ3v) is 10.2. The summed E-state index contributed by atoms with van der Waals surface area (Å²) in [6.07, 6.45) is 56.3. The van der Waals surface area contributed by atoms with Crippen molar-refractivity contribution >= 4 is 17.9 Å². The molecule has 6 heteroatoms. The van der Waals surface area contributed by atoms with Crippen LogP contribution in [0.3, 0.4) is 0 Å². The van der Waals surface area contributed by atoms with Gasteiger partial charge in [0.25, 0.3) is 0 Å². The van der Waals surface area contributed by atoms with E-state index in [0.717, 1.165) is 109 Å². The molecule has 0 fully saturated rings. The molecule has 0 amide bonds. The number of carbonyl (C=O) groups excluding carboxylic acids is 3. The molecule has 58 heavy (non-hydrogen) atoms. The second-order valence-corrected chi connectivity index (χ2v) is 16.0. The largest absolute Gasteiger partial charge is 0.462 e. The van der Waals surface area contributed by atoms with E-state index in [1.54, 1.807) is 0 Å². The molecule has 0 spiro atoms. The van der Waals surface area contributed by atoms with Crippen LogP contribution in [-0.2, 0) is 28.6 Å². The molecule has 0 unspecified atom stereocenters. The summed E-state index contributed by atoms with van der Waals surface area (Å²) < 4.78 is 16.7. The molecule has 0 saturated carbocycles. The van der Waals surface area contributed by atoms with Crippen LogP contribution in [0.5, 0.6) is 0 Å². The van der Waals surface area contributed by atoms with E-state index < -0.39 is 6.10 Å². The van der Waals surface area contributed by atoms with Crippen LogP contribution < -0.4 is 0 Å². The Labute approximate surface area is 358 Å². The van der Waals surface area contributed by atoms with Crippen molar-refractivity contribution in [2.24, 2.45) is 0 Å². The second kappa shape index (κ2) is 46.8. The Kier molecular flexibility index (Phi) is 44.5. The van der Waals surface area contributed by atoms with Gasteiger partial charge in [0.15, 0.2) is 6.10 Å². The lowest BCUT2D eigenvalue weighted by Gasteiger charge is -2.18. The van der Waals surface area contributed by atoms with Gasteiger partial charge < -0.3 is 14.2 Å². The molecule has 0 aromatic carbocycles. The zero-order valence-corrected chi connectivity index (χ0v) is 38.0. The summed E-state index contributed by atoms with van der Waals surface area (Å²) in [6, 6.07) is 0. The Morgan fingerprint density at radius 2 is 0.638 bits per heavy atom. The predicted molar refractivity (Wildman–Crippen MR) is 247 cm³/mol. The predicted octanol–water partition coefficient (Wildman–Crippen LogP) is 15.7. The van der Waals surface area contributed by atoms with E-state index in [0.29, 0.717) is 19.3 Å². The highest BCUT2D eigenvalue weighted by atomic mass is 16.6. The molecule has 0 bridgehead atoms. The van der Waals surface area contributed by atoms with Crippen molar-refractivity contribution in [1.29, 1.82) is 0 Å². The topological polar surface area (TPSA) is 78.9 Å². The maximum absolute atomic E-state index is 12.7. The average Bonchev–Trinajstić information content (AvgIpc) is 3.22. The first-order valence-corrected chi connectivity index (χ1v) is 24.3. The van der Waals surface area contributed by atoms with Gasteiger partial charge in [-0.15, -0.1) is 0 Å². The van der Waals surface area contributed by atoms with Crippen LogP contribution >= 0.6 is 0 Å². The summed E-state index contributed by atoms with van der Waals surface area (Å²) in [7, 11) is 0. The summed E-state index contributed by atoms with van der Waals surface area (Å²) >= 11 is 0. The molecule has 0 saturated heterocycles. The molecule has 0 aliphatic carbocycles. The molecule has 0 aliphatic heterocycles. The van der Waals surface area contributed by atoms with Gasteiger partial charge in [-0.25, -0.2) is 0 Å². The highest BCUT2D eigenvalue weighted by molar-refractivity contribution is 5.71. The van der Waals surface area contributed by atoms with Crippen LogP contribution in [0.2, 0.25) is 0 Å². The number of ether oxygens (including phenoxy) is 3. The van der Waals surface area contributed by atoms with Crippen LogP contribution in [0, 0.1) is 0 Å². The first kappa shape index (κ1) is 55.1. The Morgan fingerprint density at radius 1 is 0.345 bits per heavy atom. The van der Waals surface area contributed by atoms with Gasteiger partial charge in [-0.3, -0.25) is 14.4 Å². The number of unbranched alkanes of at least 4 members (excludes halogenated alkanes) is 22. The summed E-state index contributed by atoms with van der Waals surface area (Å²) in [5.74, 6) is -0.926. The van der Waals surface area contributed by atoms with Gasteiger partial charge in [0.1, 0.15) is 13.2 Å². The lowest BCUT2D eigenvalue weighted by atomic mass is 10.1. The van der Waals surface area contributed by atoms with E-state index in [1.165, 1.54) is 83.5 Å². The minimum absolute atomic E-state index is 0.0865. The number of rotatable bonds is 43. The van der Waals surface area contributed by atoms with E-state index >= 15 is 0 Å². The average molecular weight is 811 g/mol. The molecule has 0 rings (SSSR count). The fraction of sp³-hybridized carbons (Fsp3) is 0.750. The Balaban J connectivity index is 4.40. The Morgan fingerprint density at radius 3 is 1.05 bits per heavy atom. The zero-order chi connectivity index (χ0) is 42.3. The quantitative estimate of drug-likeness (QED) is 0.0264. The SMILES string of the molecule is CCCC/C=C\C/C=C\CCCCCCCC(=O)O[C@@H](COC(=O)CCCCCC/C=C\C/C=C\C/C=C\CCCCC)COC(=O)CCCCCCCCCCC. The Hall–Kier alpha value is -2.89. The highest BCUT2D eigenvalue weighted by Crippen LogP contribution is 2.13. The third-order valence-electron chi connectivity index (χ3n) is 10.2. The van der Waals surface area contributed by atoms with E-state index in [1.807, 2.05) is 0 Å². The van der Waals surface area contributed by atoms with Crippen molar-refractivity contribution in [3.63, 3.8) is 0 Å². The lowest BCUT2D eigenvalue weighted by Crippen LogP contribution is -2.30. The molecule has 0 heterocycles. The van der Waals surface area contributed by atoms with E-state index in [9.17, 15) is 14.4 Å². The van der Waals surface area contributed by atoms with Crippen LogP contribution in [0.4, 0.5) is 0 Å². The molecule has 6 nitrogen and oxygen atoms in total. The number of allylic oxidation sites excluding steroid dienone is 10. The van der Waals surface area contributed by atoms with E-state index in [-0.39, 0.29) is 31.1 Å². The standard InChI is InChI=1S/C52H90O6/c1-4-7-10-13-16-19-21-23-25-26-27-29-30-33-36-39-42-45-51(54)57-48-49(47-56-50(53)44-41-38-35-32-18-15-12-9-6-3)58-52(55)46-43-40-37-34-31-28-24-22-20-17-14-11-8-5-2/h14,16-17,19,22-25,27,29,49H,4-13,15,18,20-21,26,28,30-48H2,1-3H3/b17-14-,19-16-,24-22-,25-23-,29-27-/t49-/m1/s1. The zero-order valence-electron chi connectivity index (χ0n) is 38.0. The van der Waals surface area contributed by atoms with Crippen LogP contribution in [0.25, 0.3) is 0 Å². The fourth-order valence-corrected chi connectivity index (χ4v) is 6.52. The maximum Gasteiger partial charge on any atom is 0.306 e. The first-order valence-electron chi connectivity index (χ1n) is 24.3. The first-order chi connectivity index (χ1) is 28.5. The van der Waals surface area contributed by atoms with Crippen molar-refractivity contribution in [1.82, 2.24) is 0 Å². The van der Waals surface area contributed by atoms with Crippen molar-refractivity contribution in [2.45, 2.75) is 239 Å². The minimum atomic E-state index is -0.787. The summed E-state index contributed by atoms with van der Waals surface area (Å²) in [6.45, 7) is 6.51. The number of hydrogen-bond acceptors (Lipinski definition) is 6. The van der Waals surface area contributed by atoms with Crippen molar-refractivity contribution in [2.75, 3.05) is 13.2 Å². The molecule has 0 aliphatic rings. The smallest absolute Gasteiger partial charge is 0.306 e. The van der Waals surface area contributed by atoms with Crippen LogP contribution in [0.1, 0.15) is 233 Å². The highest BCUT2D eigenvalue weighted by Gasteiger charge is 2.19. The summed E-state index contributed by atoms with van der Waals surface area (Å²) in [5.41, 5.74) is 0. The lowest BCUT2D eigenvalue weighted by molar-refractivity contribution is -0.167. The van der Waals surface area contributed by atoms with Gasteiger partial charge in [-0.05, 0) is 83.5 Å². The maximum atomic E-state index is 12.7. The molecule has 1 atom stereocenters. The van der Waals surface area contributed by atoms with Crippen molar-refractivity contribution in [3.8, 4) is 0 Å². The fourth-order valence-electron chi connectivity index (χ4n) is 6.52. The van der Waals surface area contributed by atoms with Gasteiger partial charge in [0, 0.05) is 19.3 Å². The second-order valence-electron chi connectivity index (χ2n) is 16.0. The van der Waals surface area contributed by atoms with Gasteiger partial charge >= 0.3 is 17.9 Å². The molecule has 0 aromatic heterocycles. The normalized spacial score (nSPS) is 12.5. The molecule has 0 aromatic rings. The van der Waals surface area contributed by atoms with Gasteiger partial charge in [-0.1, -0.05) is 191 Å². The molecular weight excluding hydrogens is 721 g/mol. The van der Waals surface area contributed by atoms with E-state index in [2.05, 4.69) is 81.5 Å². The third kappa shape index (κ3) is 44.2. The van der Waals surface area contributed by atoms with Crippen LogP contribution in [-0.4, -0.2) is 37.2 Å². The van der Waals surface area contributed by atoms with Gasteiger partial charge in [0.2, 0.25) is 0 Å². The van der Waals surface area contributed by atoms with Gasteiger partial charge in [-0.2, -0.15) is 0 Å². The van der Waals surface area contributed by atoms with Crippen molar-refractivity contribution < 1.29 is 28.6 Å². The monoisotopic (exact) mass is 811 g/mol. The molecule has 334 valence electrons. The number of carbonyl (C=O) groups is 3. The Bertz CT molecular complexity index is 1070. The number of hydrogen-bond donors (Lipinski definition) is 0. The molecular formula is C52H90O6. The van der Waals surface area contributed by atoms with Gasteiger partial charge in [0.05, 0.1) is 0 Å². The molecule has 0 N–H and O–H groups in total. The van der Waals surface area contributed by atoms with E-state index in [4.69, 9.17) is 14.2 Å². The molecule has 0 radical (unpaired) electrons. The minimum Gasteiger partial charge on any atom is -0.462 e. The van der Waals surface area contributed by atoms with Crippen LogP contribution in [0.15, 0.2) is 60.8 Å².